The van der Waals surface area contributed by atoms with Crippen LogP contribution in [0.4, 0.5) is 0 Å². The van der Waals surface area contributed by atoms with Gasteiger partial charge in [-0.3, -0.25) is 0 Å². The van der Waals surface area contributed by atoms with Crippen LogP contribution < -0.4 is 10.2 Å². The number of hydrogen-bond acceptors (Lipinski definition) is 2. The van der Waals surface area contributed by atoms with E-state index in [4.69, 9.17) is 0 Å². The van der Waals surface area contributed by atoms with Crippen molar-refractivity contribution < 1.29 is 10.2 Å². The summed E-state index contributed by atoms with van der Waals surface area (Å²) < 4.78 is 0. The van der Waals surface area contributed by atoms with Crippen LogP contribution in [0.15, 0.2) is 0 Å². The largest absolute Gasteiger partial charge is 2.00 e. The minimum absolute atomic E-state index is 0. The molecule has 6 heavy (non-hydrogen) atoms. The second-order valence-corrected chi connectivity index (χ2v) is 0.977. The molecule has 32 valence electrons. The Labute approximate surface area is 77.6 Å². The molecule has 0 aliphatic heterocycles. The summed E-state index contributed by atoms with van der Waals surface area (Å²) >= 11 is 0. The van der Waals surface area contributed by atoms with Gasteiger partial charge in [0.2, 0.25) is 0 Å². The van der Waals surface area contributed by atoms with Gasteiger partial charge in [-0.2, -0.15) is 6.61 Å². The van der Waals surface area contributed by atoms with E-state index < -0.39 is 12.7 Å². The first-order valence-electron chi connectivity index (χ1n) is 1.51. The van der Waals surface area contributed by atoms with Gasteiger partial charge in [-0.15, -0.1) is 6.10 Å². The first kappa shape index (κ1) is 10.5. The van der Waals surface area contributed by atoms with E-state index in [1.54, 1.807) is 0 Å². The van der Waals surface area contributed by atoms with Crippen LogP contribution in [-0.2, 0) is 0 Å². The fraction of sp³-hybridized carbons (Fsp3) is 1.00. The summed E-state index contributed by atoms with van der Waals surface area (Å²) in [6.07, 6.45) is -0.921. The first-order chi connectivity index (χ1) is 2.27. The molecule has 0 bridgehead atoms. The summed E-state index contributed by atoms with van der Waals surface area (Å²) in [5, 5.41) is 18.9. The van der Waals surface area contributed by atoms with Crippen LogP contribution in [0.3, 0.4) is 0 Å². The molecule has 0 spiro atoms. The predicted molar refractivity (Wildman–Crippen MR) is 20.1 cm³/mol. The summed E-state index contributed by atoms with van der Waals surface area (Å²) in [4.78, 5) is 0. The molecule has 0 saturated carbocycles. The second-order valence-electron chi connectivity index (χ2n) is 0.977. The third kappa shape index (κ3) is 9.09. The maximum atomic E-state index is 9.58. The van der Waals surface area contributed by atoms with E-state index in [2.05, 4.69) is 0 Å². The summed E-state index contributed by atoms with van der Waals surface area (Å²) in [6.45, 7) is 0.854. The molecule has 0 aliphatic rings. The minimum atomic E-state index is -0.921. The van der Waals surface area contributed by atoms with Crippen molar-refractivity contribution in [3.8, 4) is 0 Å². The molecule has 3 heteroatoms. The Morgan fingerprint density at radius 2 is 1.83 bits per heavy atom. The molecule has 1 atom stereocenters. The van der Waals surface area contributed by atoms with Crippen LogP contribution in [0.5, 0.6) is 0 Å². The SMILES string of the molecule is CC([O-])C[O-].[Ba+2]. The van der Waals surface area contributed by atoms with Gasteiger partial charge in [-0.05, 0) is 0 Å². The van der Waals surface area contributed by atoms with Gasteiger partial charge >= 0.3 is 48.9 Å². The Balaban J connectivity index is 0. The standard InChI is InChI=1S/C3H6O2.Ba/c1-3(5)2-4;/h3H,2H2,1H3;/q-2;+2. The van der Waals surface area contributed by atoms with Crippen molar-refractivity contribution in [1.82, 2.24) is 0 Å². The topological polar surface area (TPSA) is 46.1 Å². The molecule has 0 radical (unpaired) electrons. The van der Waals surface area contributed by atoms with Gasteiger partial charge in [-0.25, -0.2) is 0 Å². The van der Waals surface area contributed by atoms with Crippen molar-refractivity contribution in [3.63, 3.8) is 0 Å². The molecule has 0 aromatic rings. The molecule has 0 N–H and O–H groups in total. The maximum Gasteiger partial charge on any atom is 2.00 e. The van der Waals surface area contributed by atoms with Crippen molar-refractivity contribution in [3.05, 3.63) is 0 Å². The molecule has 0 fully saturated rings. The smallest absolute Gasteiger partial charge is 0.855 e. The van der Waals surface area contributed by atoms with Gasteiger partial charge in [0.1, 0.15) is 0 Å². The monoisotopic (exact) mass is 212 g/mol. The summed E-state index contributed by atoms with van der Waals surface area (Å²) in [6, 6.07) is 0. The van der Waals surface area contributed by atoms with Crippen molar-refractivity contribution in [2.45, 2.75) is 13.0 Å². The van der Waals surface area contributed by atoms with Gasteiger partial charge in [0.15, 0.2) is 0 Å². The van der Waals surface area contributed by atoms with Crippen molar-refractivity contribution in [1.29, 1.82) is 0 Å². The Hall–Kier alpha value is 1.49. The van der Waals surface area contributed by atoms with E-state index in [0.717, 1.165) is 0 Å². The van der Waals surface area contributed by atoms with E-state index in [-0.39, 0.29) is 48.9 Å². The summed E-state index contributed by atoms with van der Waals surface area (Å²) in [7, 11) is 0. The molecule has 0 heterocycles. The normalized spacial score (nSPS) is 12.5. The second kappa shape index (κ2) is 6.49. The van der Waals surface area contributed by atoms with Crippen molar-refractivity contribution >= 4 is 48.9 Å². The average Bonchev–Trinajstić information content (AvgIpc) is 1.38. The molecular weight excluding hydrogens is 205 g/mol. The summed E-state index contributed by atoms with van der Waals surface area (Å²) in [5.41, 5.74) is 0. The average molecular weight is 211 g/mol. The third-order valence-electron chi connectivity index (χ3n) is 0.235. The molecule has 2 nitrogen and oxygen atoms in total. The molecule has 0 aromatic heterocycles. The van der Waals surface area contributed by atoms with Gasteiger partial charge < -0.3 is 10.2 Å². The molecule has 0 aromatic carbocycles. The van der Waals surface area contributed by atoms with Crippen molar-refractivity contribution in [2.24, 2.45) is 0 Å². The zero-order valence-electron chi connectivity index (χ0n) is 3.81. The molecule has 0 amide bonds. The third-order valence-corrected chi connectivity index (χ3v) is 0.235. The quantitative estimate of drug-likeness (QED) is 0.459. The zero-order chi connectivity index (χ0) is 4.28. The molecule has 1 unspecified atom stereocenters. The van der Waals surface area contributed by atoms with Gasteiger partial charge in [-0.1, -0.05) is 6.92 Å². The van der Waals surface area contributed by atoms with Crippen LogP contribution in [0, 0.1) is 0 Å². The fourth-order valence-corrected chi connectivity index (χ4v) is 0. The number of hydrogen-bond donors (Lipinski definition) is 0. The van der Waals surface area contributed by atoms with Crippen LogP contribution in [-0.4, -0.2) is 61.6 Å². The molecule has 0 saturated heterocycles. The fourth-order valence-electron chi connectivity index (χ4n) is 0. The molecule has 0 aliphatic carbocycles. The minimum Gasteiger partial charge on any atom is -0.855 e. The molecular formula is C3H6BaO2. The maximum absolute atomic E-state index is 9.58. The summed E-state index contributed by atoms with van der Waals surface area (Å²) in [5.74, 6) is 0. The Bertz CT molecular complexity index is 22.8. The van der Waals surface area contributed by atoms with Gasteiger partial charge in [0.25, 0.3) is 0 Å². The van der Waals surface area contributed by atoms with Crippen LogP contribution in [0.1, 0.15) is 6.92 Å². The van der Waals surface area contributed by atoms with E-state index >= 15 is 0 Å². The predicted octanol–water partition coefficient (Wildman–Crippen LogP) is -2.29. The molecule has 0 rings (SSSR count). The van der Waals surface area contributed by atoms with E-state index in [9.17, 15) is 10.2 Å². The zero-order valence-corrected chi connectivity index (χ0v) is 8.25. The first-order valence-corrected chi connectivity index (χ1v) is 1.51. The number of rotatable bonds is 1. The van der Waals surface area contributed by atoms with Crippen LogP contribution in [0.2, 0.25) is 0 Å². The van der Waals surface area contributed by atoms with Crippen LogP contribution in [0.25, 0.3) is 0 Å². The Kier molecular flexibility index (Phi) is 11.3. The van der Waals surface area contributed by atoms with Gasteiger partial charge in [0.05, 0.1) is 0 Å². The van der Waals surface area contributed by atoms with E-state index in [0.29, 0.717) is 0 Å². The Morgan fingerprint density at radius 3 is 1.83 bits per heavy atom. The van der Waals surface area contributed by atoms with E-state index in [1.165, 1.54) is 6.92 Å². The van der Waals surface area contributed by atoms with Crippen molar-refractivity contribution in [2.75, 3.05) is 6.61 Å². The van der Waals surface area contributed by atoms with Crippen LogP contribution >= 0.6 is 0 Å². The van der Waals surface area contributed by atoms with Gasteiger partial charge in [0, 0.05) is 0 Å². The van der Waals surface area contributed by atoms with E-state index in [1.807, 2.05) is 0 Å². The Morgan fingerprint density at radius 1 is 1.67 bits per heavy atom.